The van der Waals surface area contributed by atoms with Crippen molar-refractivity contribution in [1.29, 1.82) is 0 Å². The Morgan fingerprint density at radius 1 is 0.327 bits per heavy atom. The topological polar surface area (TPSA) is 19.6 Å². The summed E-state index contributed by atoms with van der Waals surface area (Å²) in [5.41, 5.74) is 13.2. The Kier molecular flexibility index (Phi) is 8.89. The van der Waals surface area contributed by atoms with E-state index in [0.29, 0.717) is 0 Å². The third-order valence-electron chi connectivity index (χ3n) is 10.4. The van der Waals surface area contributed by atoms with Gasteiger partial charge in [0.15, 0.2) is 0 Å². The van der Waals surface area contributed by atoms with Crippen LogP contribution < -0.4 is 15.0 Å². The molecule has 0 atom stereocenters. The second-order valence-corrected chi connectivity index (χ2v) is 20.2. The maximum Gasteiger partial charge on any atom is 0.137 e. The zero-order valence-corrected chi connectivity index (χ0v) is 32.4. The molecule has 0 amide bonds. The molecule has 55 heavy (non-hydrogen) atoms. The van der Waals surface area contributed by atoms with Crippen molar-refractivity contribution >= 4 is 69.3 Å². The van der Waals surface area contributed by atoms with E-state index in [1.54, 1.807) is 0 Å². The zero-order valence-electron chi connectivity index (χ0n) is 31.4. The fraction of sp³-hybridized carbons (Fsp3) is 0.0588. The van der Waals surface area contributed by atoms with Crippen LogP contribution in [0.25, 0.3) is 44.2 Å². The largest absolute Gasteiger partial charge is 0.456 e. The molecule has 9 aromatic rings. The highest BCUT2D eigenvalue weighted by atomic mass is 28.3. The Morgan fingerprint density at radius 2 is 0.691 bits per heavy atom. The summed E-state index contributed by atoms with van der Waals surface area (Å²) in [6.45, 7) is 7.18. The summed E-state index contributed by atoms with van der Waals surface area (Å²) in [4.78, 5) is 4.62. The van der Waals surface area contributed by atoms with Crippen molar-refractivity contribution < 1.29 is 4.42 Å². The number of benzene rings is 8. The number of anilines is 6. The van der Waals surface area contributed by atoms with E-state index in [2.05, 4.69) is 217 Å². The molecule has 8 aromatic carbocycles. The second kappa shape index (κ2) is 14.3. The predicted octanol–water partition coefficient (Wildman–Crippen LogP) is 14.4. The summed E-state index contributed by atoms with van der Waals surface area (Å²) in [7, 11) is -1.39. The fourth-order valence-electron chi connectivity index (χ4n) is 7.47. The molecule has 0 saturated carbocycles. The molecule has 0 aliphatic carbocycles. The van der Waals surface area contributed by atoms with Gasteiger partial charge in [0.2, 0.25) is 0 Å². The zero-order chi connectivity index (χ0) is 37.4. The van der Waals surface area contributed by atoms with Gasteiger partial charge in [-0.3, -0.25) is 0 Å². The Bertz CT molecular complexity index is 2700. The highest BCUT2D eigenvalue weighted by molar-refractivity contribution is 6.88. The second-order valence-electron chi connectivity index (χ2n) is 15.1. The SMILES string of the molecule is C[Si](C)(C)c1ccc(N(c2ccccc2)c2ccc(-c3ccc(-c4ccc(N(c5ccccc5)c5ccc6c(c5)oc5ccccc56)cc4)cc3)cc2)cc1. The van der Waals surface area contributed by atoms with Crippen LogP contribution in [0.5, 0.6) is 0 Å². The fourth-order valence-corrected chi connectivity index (χ4v) is 8.64. The maximum absolute atomic E-state index is 6.27. The van der Waals surface area contributed by atoms with Crippen molar-refractivity contribution in [3.8, 4) is 22.3 Å². The molecule has 0 saturated heterocycles. The van der Waals surface area contributed by atoms with Gasteiger partial charge in [-0.05, 0) is 101 Å². The monoisotopic (exact) mass is 726 g/mol. The minimum absolute atomic E-state index is 0.881. The molecule has 9 rings (SSSR count). The lowest BCUT2D eigenvalue weighted by Crippen LogP contribution is -2.37. The van der Waals surface area contributed by atoms with E-state index in [0.717, 1.165) is 56.1 Å². The number of hydrogen-bond acceptors (Lipinski definition) is 3. The summed E-state index contributed by atoms with van der Waals surface area (Å²) in [6, 6.07) is 71.6. The average molecular weight is 727 g/mol. The smallest absolute Gasteiger partial charge is 0.137 e. The lowest BCUT2D eigenvalue weighted by Gasteiger charge is -2.26. The lowest BCUT2D eigenvalue weighted by molar-refractivity contribution is 0.669. The summed E-state index contributed by atoms with van der Waals surface area (Å²) in [6.07, 6.45) is 0. The molecule has 0 unspecified atom stereocenters. The number of hydrogen-bond donors (Lipinski definition) is 0. The van der Waals surface area contributed by atoms with E-state index < -0.39 is 8.07 Å². The summed E-state index contributed by atoms with van der Waals surface area (Å²) in [5, 5.41) is 3.72. The molecule has 0 spiro atoms. The molecule has 266 valence electrons. The Morgan fingerprint density at radius 3 is 1.18 bits per heavy atom. The molecule has 0 aliphatic heterocycles. The Balaban J connectivity index is 0.972. The molecule has 0 N–H and O–H groups in total. The van der Waals surface area contributed by atoms with E-state index in [4.69, 9.17) is 4.42 Å². The first-order valence-corrected chi connectivity index (χ1v) is 22.4. The number of nitrogens with zero attached hydrogens (tertiary/aromatic N) is 2. The summed E-state index contributed by atoms with van der Waals surface area (Å²) in [5.74, 6) is 0. The minimum atomic E-state index is -1.39. The molecular formula is C51H42N2OSi. The van der Waals surface area contributed by atoms with E-state index in [1.165, 1.54) is 27.4 Å². The van der Waals surface area contributed by atoms with Crippen LogP contribution in [0.4, 0.5) is 34.1 Å². The average Bonchev–Trinajstić information content (AvgIpc) is 3.60. The van der Waals surface area contributed by atoms with Gasteiger partial charge in [-0.2, -0.15) is 0 Å². The van der Waals surface area contributed by atoms with Crippen molar-refractivity contribution in [3.05, 3.63) is 200 Å². The quantitative estimate of drug-likeness (QED) is 0.138. The van der Waals surface area contributed by atoms with Crippen LogP contribution in [0.2, 0.25) is 19.6 Å². The van der Waals surface area contributed by atoms with Gasteiger partial charge in [-0.25, -0.2) is 0 Å². The summed E-state index contributed by atoms with van der Waals surface area (Å²) < 4.78 is 6.27. The van der Waals surface area contributed by atoms with E-state index in [9.17, 15) is 0 Å². The molecular weight excluding hydrogens is 685 g/mol. The van der Waals surface area contributed by atoms with Gasteiger partial charge in [0.1, 0.15) is 11.2 Å². The van der Waals surface area contributed by atoms with Gasteiger partial charge < -0.3 is 14.2 Å². The minimum Gasteiger partial charge on any atom is -0.456 e. The van der Waals surface area contributed by atoms with Gasteiger partial charge in [0.05, 0.1) is 8.07 Å². The molecule has 1 aromatic heterocycles. The third kappa shape index (κ3) is 6.85. The Labute approximate surface area is 324 Å². The third-order valence-corrected chi connectivity index (χ3v) is 12.5. The first kappa shape index (κ1) is 34.2. The normalized spacial score (nSPS) is 11.5. The van der Waals surface area contributed by atoms with Crippen LogP contribution in [0.3, 0.4) is 0 Å². The van der Waals surface area contributed by atoms with Crippen molar-refractivity contribution in [1.82, 2.24) is 0 Å². The highest BCUT2D eigenvalue weighted by Crippen LogP contribution is 2.40. The number of para-hydroxylation sites is 3. The van der Waals surface area contributed by atoms with Crippen molar-refractivity contribution in [2.45, 2.75) is 19.6 Å². The molecule has 0 bridgehead atoms. The molecule has 0 fully saturated rings. The molecule has 1 heterocycles. The lowest BCUT2D eigenvalue weighted by atomic mass is 9.99. The van der Waals surface area contributed by atoms with Gasteiger partial charge >= 0.3 is 0 Å². The van der Waals surface area contributed by atoms with Gasteiger partial charge in [-0.15, -0.1) is 0 Å². The number of furan rings is 1. The van der Waals surface area contributed by atoms with Gasteiger partial charge in [0.25, 0.3) is 0 Å². The van der Waals surface area contributed by atoms with Crippen LogP contribution in [0.15, 0.2) is 205 Å². The van der Waals surface area contributed by atoms with Gasteiger partial charge in [-0.1, -0.05) is 140 Å². The molecule has 0 aliphatic rings. The first-order chi connectivity index (χ1) is 26.9. The standard InChI is InChI=1S/C51H42N2OSi/c1-55(2,3)47-33-30-45(31-34-47)52(41-12-6-4-7-13-41)43-26-22-39(23-27-43)37-18-20-38(21-19-37)40-24-28-44(29-25-40)53(42-14-8-5-9-15-42)46-32-35-49-48-16-10-11-17-50(48)54-51(49)36-46/h4-36H,1-3H3. The van der Waals surface area contributed by atoms with E-state index >= 15 is 0 Å². The van der Waals surface area contributed by atoms with Crippen LogP contribution >= 0.6 is 0 Å². The van der Waals surface area contributed by atoms with Crippen LogP contribution in [0.1, 0.15) is 0 Å². The predicted molar refractivity (Wildman–Crippen MR) is 237 cm³/mol. The Hall–Kier alpha value is -6.62. The molecule has 4 heteroatoms. The van der Waals surface area contributed by atoms with Crippen LogP contribution in [-0.2, 0) is 0 Å². The number of rotatable bonds is 9. The van der Waals surface area contributed by atoms with E-state index in [1.807, 2.05) is 12.1 Å². The van der Waals surface area contributed by atoms with Crippen LogP contribution in [0, 0.1) is 0 Å². The van der Waals surface area contributed by atoms with Crippen molar-refractivity contribution in [2.75, 3.05) is 9.80 Å². The molecule has 3 nitrogen and oxygen atoms in total. The van der Waals surface area contributed by atoms with E-state index in [-0.39, 0.29) is 0 Å². The molecule has 0 radical (unpaired) electrons. The maximum atomic E-state index is 6.27. The van der Waals surface area contributed by atoms with Gasteiger partial charge in [0, 0.05) is 51.0 Å². The first-order valence-electron chi connectivity index (χ1n) is 18.9. The van der Waals surface area contributed by atoms with Crippen LogP contribution in [-0.4, -0.2) is 8.07 Å². The number of fused-ring (bicyclic) bond motifs is 3. The highest BCUT2D eigenvalue weighted by Gasteiger charge is 2.19. The summed E-state index contributed by atoms with van der Waals surface area (Å²) >= 11 is 0. The van der Waals surface area contributed by atoms with Crippen molar-refractivity contribution in [2.24, 2.45) is 0 Å². The van der Waals surface area contributed by atoms with Crippen molar-refractivity contribution in [3.63, 3.8) is 0 Å².